The number of carbonyl (C=O) groups excluding carboxylic acids is 1. The smallest absolute Gasteiger partial charge is 0.261 e. The number of nitrogens with one attached hydrogen (secondary N) is 1. The molecule has 1 amide bonds. The molecule has 0 saturated carbocycles. The Balaban J connectivity index is 1.54. The lowest BCUT2D eigenvalue weighted by Crippen LogP contribution is -2.30. The zero-order valence-electron chi connectivity index (χ0n) is 13.7. The lowest BCUT2D eigenvalue weighted by Gasteiger charge is -2.19. The minimum atomic E-state index is -0.830. The van der Waals surface area contributed by atoms with E-state index < -0.39 is 11.6 Å². The normalized spacial score (nSPS) is 17.3. The molecule has 1 saturated heterocycles. The van der Waals surface area contributed by atoms with Crippen molar-refractivity contribution in [1.82, 2.24) is 5.32 Å². The Morgan fingerprint density at radius 3 is 2.75 bits per heavy atom. The van der Waals surface area contributed by atoms with Gasteiger partial charge in [0.2, 0.25) is 0 Å². The first-order valence-electron chi connectivity index (χ1n) is 7.99. The van der Waals surface area contributed by atoms with Crippen molar-refractivity contribution >= 4 is 22.9 Å². The van der Waals surface area contributed by atoms with Gasteiger partial charge in [-0.1, -0.05) is 0 Å². The summed E-state index contributed by atoms with van der Waals surface area (Å²) in [5.74, 6) is -1.39. The highest BCUT2D eigenvalue weighted by molar-refractivity contribution is 7.14. The molecule has 1 unspecified atom stereocenters. The summed E-state index contributed by atoms with van der Waals surface area (Å²) < 4.78 is 26.4. The van der Waals surface area contributed by atoms with Crippen LogP contribution in [-0.4, -0.2) is 25.5 Å². The van der Waals surface area contributed by atoms with E-state index in [-0.39, 0.29) is 5.91 Å². The van der Waals surface area contributed by atoms with E-state index in [0.717, 1.165) is 40.9 Å². The summed E-state index contributed by atoms with van der Waals surface area (Å²) in [7, 11) is 0. The van der Waals surface area contributed by atoms with Crippen LogP contribution in [0.25, 0.3) is 0 Å². The van der Waals surface area contributed by atoms with Crippen LogP contribution in [0.3, 0.4) is 0 Å². The minimum Gasteiger partial charge on any atom is -0.371 e. The number of rotatable bonds is 4. The van der Waals surface area contributed by atoms with E-state index >= 15 is 0 Å². The highest BCUT2D eigenvalue weighted by atomic mass is 32.1. The summed E-state index contributed by atoms with van der Waals surface area (Å²) in [4.78, 5) is 16.1. The van der Waals surface area contributed by atoms with Gasteiger partial charge in [-0.2, -0.15) is 0 Å². The van der Waals surface area contributed by atoms with Crippen molar-refractivity contribution in [3.05, 3.63) is 51.2 Å². The van der Waals surface area contributed by atoms with Gasteiger partial charge < -0.3 is 10.2 Å². The van der Waals surface area contributed by atoms with E-state index in [1.807, 2.05) is 24.8 Å². The minimum absolute atomic E-state index is 0.0394. The number of anilines is 1. The molecule has 0 bridgehead atoms. The first-order chi connectivity index (χ1) is 11.4. The summed E-state index contributed by atoms with van der Waals surface area (Å²) in [6, 6.07) is 5.89. The van der Waals surface area contributed by atoms with Crippen molar-refractivity contribution in [3.8, 4) is 0 Å². The Morgan fingerprint density at radius 2 is 2.08 bits per heavy atom. The molecule has 0 aliphatic carbocycles. The molecule has 2 heterocycles. The number of carbonyl (C=O) groups is 1. The Labute approximate surface area is 144 Å². The maximum absolute atomic E-state index is 13.3. The quantitative estimate of drug-likeness (QED) is 0.907. The van der Waals surface area contributed by atoms with E-state index in [1.165, 1.54) is 17.4 Å². The Hall–Kier alpha value is -1.95. The van der Waals surface area contributed by atoms with Crippen molar-refractivity contribution in [2.24, 2.45) is 5.92 Å². The fourth-order valence-electron chi connectivity index (χ4n) is 2.92. The van der Waals surface area contributed by atoms with Gasteiger partial charge in [0.25, 0.3) is 5.91 Å². The molecule has 128 valence electrons. The van der Waals surface area contributed by atoms with Crippen LogP contribution in [0, 0.1) is 31.4 Å². The van der Waals surface area contributed by atoms with Crippen molar-refractivity contribution in [1.29, 1.82) is 0 Å². The monoisotopic (exact) mass is 350 g/mol. The molecule has 1 fully saturated rings. The van der Waals surface area contributed by atoms with Crippen LogP contribution in [0.15, 0.2) is 24.3 Å². The van der Waals surface area contributed by atoms with Gasteiger partial charge in [-0.15, -0.1) is 11.3 Å². The highest BCUT2D eigenvalue weighted by Crippen LogP contribution is 2.25. The maximum Gasteiger partial charge on any atom is 0.261 e. The number of hydrogen-bond donors (Lipinski definition) is 1. The maximum atomic E-state index is 13.3. The van der Waals surface area contributed by atoms with Gasteiger partial charge in [0, 0.05) is 36.3 Å². The molecule has 1 N–H and O–H groups in total. The fourth-order valence-corrected chi connectivity index (χ4v) is 3.88. The zero-order chi connectivity index (χ0) is 17.3. The Kier molecular flexibility index (Phi) is 4.85. The zero-order valence-corrected chi connectivity index (χ0v) is 14.6. The van der Waals surface area contributed by atoms with E-state index in [4.69, 9.17) is 0 Å². The summed E-state index contributed by atoms with van der Waals surface area (Å²) in [6.45, 7) is 6.11. The number of halogens is 2. The van der Waals surface area contributed by atoms with E-state index in [1.54, 1.807) is 6.07 Å². The van der Waals surface area contributed by atoms with Crippen molar-refractivity contribution < 1.29 is 13.6 Å². The van der Waals surface area contributed by atoms with Crippen LogP contribution in [0.4, 0.5) is 14.5 Å². The Morgan fingerprint density at radius 1 is 1.29 bits per heavy atom. The number of hydrogen-bond acceptors (Lipinski definition) is 3. The molecule has 1 aromatic carbocycles. The average Bonchev–Trinajstić information content (AvgIpc) is 3.15. The molecule has 3 rings (SSSR count). The summed E-state index contributed by atoms with van der Waals surface area (Å²) in [5.41, 5.74) is 1.82. The lowest BCUT2D eigenvalue weighted by atomic mass is 10.1. The number of nitrogens with zero attached hydrogens (tertiary/aromatic N) is 1. The third-order valence-corrected chi connectivity index (χ3v) is 5.65. The highest BCUT2D eigenvalue weighted by Gasteiger charge is 2.24. The predicted molar refractivity (Wildman–Crippen MR) is 92.8 cm³/mol. The molecule has 1 aromatic heterocycles. The van der Waals surface area contributed by atoms with Gasteiger partial charge in [0.1, 0.15) is 0 Å². The third-order valence-electron chi connectivity index (χ3n) is 4.50. The number of amides is 1. The van der Waals surface area contributed by atoms with Crippen molar-refractivity contribution in [3.63, 3.8) is 0 Å². The van der Waals surface area contributed by atoms with E-state index in [0.29, 0.717) is 18.2 Å². The average molecular weight is 350 g/mol. The second-order valence-electron chi connectivity index (χ2n) is 6.26. The molecule has 0 spiro atoms. The SMILES string of the molecule is Cc1cc(C(=O)NCC2CCN(c3ccc(F)c(F)c3)C2)sc1C. The molecule has 3 nitrogen and oxygen atoms in total. The molecular weight excluding hydrogens is 330 g/mol. The fraction of sp³-hybridized carbons (Fsp3) is 0.389. The number of benzene rings is 1. The first-order valence-corrected chi connectivity index (χ1v) is 8.81. The van der Waals surface area contributed by atoms with E-state index in [9.17, 15) is 13.6 Å². The molecular formula is C18H20F2N2OS. The van der Waals surface area contributed by atoms with Crippen molar-refractivity contribution in [2.45, 2.75) is 20.3 Å². The molecule has 6 heteroatoms. The van der Waals surface area contributed by atoms with Gasteiger partial charge in [-0.05, 0) is 49.9 Å². The Bertz CT molecular complexity index is 740. The first kappa shape index (κ1) is 16.9. The van der Waals surface area contributed by atoms with Gasteiger partial charge in [0.05, 0.1) is 4.88 Å². The second-order valence-corrected chi connectivity index (χ2v) is 7.52. The molecule has 1 aliphatic heterocycles. The van der Waals surface area contributed by atoms with Gasteiger partial charge in [-0.25, -0.2) is 8.78 Å². The molecule has 2 aromatic rings. The molecule has 1 aliphatic rings. The van der Waals surface area contributed by atoms with Crippen LogP contribution in [0.1, 0.15) is 26.5 Å². The van der Waals surface area contributed by atoms with Crippen molar-refractivity contribution in [2.75, 3.05) is 24.5 Å². The van der Waals surface area contributed by atoms with Crippen LogP contribution < -0.4 is 10.2 Å². The number of aryl methyl sites for hydroxylation is 2. The van der Waals surface area contributed by atoms with E-state index in [2.05, 4.69) is 5.32 Å². The number of thiophene rings is 1. The molecule has 0 radical (unpaired) electrons. The van der Waals surface area contributed by atoms with Gasteiger partial charge in [0.15, 0.2) is 11.6 Å². The van der Waals surface area contributed by atoms with Gasteiger partial charge >= 0.3 is 0 Å². The van der Waals surface area contributed by atoms with Crippen LogP contribution in [-0.2, 0) is 0 Å². The second kappa shape index (κ2) is 6.89. The molecule has 24 heavy (non-hydrogen) atoms. The molecule has 1 atom stereocenters. The third kappa shape index (κ3) is 3.59. The summed E-state index contributed by atoms with van der Waals surface area (Å²) >= 11 is 1.51. The van der Waals surface area contributed by atoms with Gasteiger partial charge in [-0.3, -0.25) is 4.79 Å². The van der Waals surface area contributed by atoms with Crippen LogP contribution in [0.5, 0.6) is 0 Å². The largest absolute Gasteiger partial charge is 0.371 e. The van der Waals surface area contributed by atoms with Crippen LogP contribution >= 0.6 is 11.3 Å². The summed E-state index contributed by atoms with van der Waals surface area (Å²) in [5, 5.41) is 2.98. The summed E-state index contributed by atoms with van der Waals surface area (Å²) in [6.07, 6.45) is 0.918. The lowest BCUT2D eigenvalue weighted by molar-refractivity contribution is 0.0952. The van der Waals surface area contributed by atoms with Crippen LogP contribution in [0.2, 0.25) is 0 Å². The predicted octanol–water partition coefficient (Wildman–Crippen LogP) is 3.90. The standard InChI is InChI=1S/C18H20F2N2OS/c1-11-7-17(24-12(11)2)18(23)21-9-13-5-6-22(10-13)14-3-4-15(19)16(20)8-14/h3-4,7-8,13H,5-6,9-10H2,1-2H3,(H,21,23). The topological polar surface area (TPSA) is 32.3 Å².